The van der Waals surface area contributed by atoms with Crippen molar-refractivity contribution in [2.75, 3.05) is 19.6 Å². The normalized spacial score (nSPS) is 19.1. The van der Waals surface area contributed by atoms with Crippen LogP contribution < -0.4 is 0 Å². The highest BCUT2D eigenvalue weighted by atomic mass is 16.2. The maximum atomic E-state index is 12.9. The molecular formula is C20H28N4O. The molecule has 0 saturated carbocycles. The van der Waals surface area contributed by atoms with Gasteiger partial charge >= 0.3 is 0 Å². The number of likely N-dealkylation sites (N-methyl/N-ethyl adjacent to an activating group) is 1. The number of benzene rings is 1. The Bertz CT molecular complexity index is 697. The molecular weight excluding hydrogens is 312 g/mol. The van der Waals surface area contributed by atoms with Gasteiger partial charge in [0.2, 0.25) is 0 Å². The van der Waals surface area contributed by atoms with E-state index in [4.69, 9.17) is 0 Å². The van der Waals surface area contributed by atoms with Crippen molar-refractivity contribution in [2.24, 2.45) is 0 Å². The monoisotopic (exact) mass is 340 g/mol. The molecule has 25 heavy (non-hydrogen) atoms. The Labute approximate surface area is 150 Å². The van der Waals surface area contributed by atoms with Crippen molar-refractivity contribution in [3.63, 3.8) is 0 Å². The van der Waals surface area contributed by atoms with E-state index < -0.39 is 0 Å². The molecule has 1 N–H and O–H groups in total. The molecule has 0 radical (unpaired) electrons. The molecule has 2 heterocycles. The van der Waals surface area contributed by atoms with E-state index in [0.29, 0.717) is 11.7 Å². The molecule has 1 aliphatic rings. The van der Waals surface area contributed by atoms with Crippen LogP contribution in [0.15, 0.2) is 36.5 Å². The van der Waals surface area contributed by atoms with Gasteiger partial charge < -0.3 is 9.88 Å². The molecule has 0 spiro atoms. The molecule has 3 rings (SSSR count). The first-order valence-corrected chi connectivity index (χ1v) is 9.27. The lowest BCUT2D eigenvalue weighted by Gasteiger charge is -2.29. The number of nitrogens with zero attached hydrogens (tertiary/aromatic N) is 3. The van der Waals surface area contributed by atoms with Crippen molar-refractivity contribution in [1.29, 1.82) is 0 Å². The Balaban J connectivity index is 1.67. The Hall–Kier alpha value is -2.14. The van der Waals surface area contributed by atoms with Crippen LogP contribution in [0.4, 0.5) is 0 Å². The molecule has 1 aromatic heterocycles. The van der Waals surface area contributed by atoms with E-state index in [-0.39, 0.29) is 11.9 Å². The van der Waals surface area contributed by atoms with Crippen LogP contribution >= 0.6 is 0 Å². The summed E-state index contributed by atoms with van der Waals surface area (Å²) in [6.07, 6.45) is 3.50. The van der Waals surface area contributed by atoms with Crippen LogP contribution in [-0.4, -0.2) is 51.4 Å². The third-order valence-corrected chi connectivity index (χ3v) is 5.26. The van der Waals surface area contributed by atoms with Crippen molar-refractivity contribution < 1.29 is 4.79 Å². The summed E-state index contributed by atoms with van der Waals surface area (Å²) in [5, 5.41) is 0. The lowest BCUT2D eigenvalue weighted by atomic mass is 10.1. The number of aromatic amines is 1. The maximum absolute atomic E-state index is 12.9. The maximum Gasteiger partial charge on any atom is 0.272 e. The molecule has 2 aromatic rings. The molecule has 5 heteroatoms. The lowest BCUT2D eigenvalue weighted by Crippen LogP contribution is -2.42. The van der Waals surface area contributed by atoms with E-state index in [0.717, 1.165) is 38.3 Å². The third kappa shape index (κ3) is 3.76. The van der Waals surface area contributed by atoms with Gasteiger partial charge in [0, 0.05) is 38.1 Å². The number of aromatic nitrogens is 2. The number of carbonyl (C=O) groups is 1. The van der Waals surface area contributed by atoms with Gasteiger partial charge in [-0.1, -0.05) is 37.3 Å². The number of amides is 1. The van der Waals surface area contributed by atoms with E-state index in [9.17, 15) is 4.79 Å². The van der Waals surface area contributed by atoms with Gasteiger partial charge in [-0.05, 0) is 25.8 Å². The van der Waals surface area contributed by atoms with Gasteiger partial charge in [0.05, 0.1) is 6.20 Å². The van der Waals surface area contributed by atoms with Crippen LogP contribution in [0.1, 0.15) is 55.1 Å². The summed E-state index contributed by atoms with van der Waals surface area (Å²) in [6, 6.07) is 11.2. The predicted molar refractivity (Wildman–Crippen MR) is 99.5 cm³/mol. The van der Waals surface area contributed by atoms with E-state index in [2.05, 4.69) is 59.0 Å². The van der Waals surface area contributed by atoms with Gasteiger partial charge in [0.1, 0.15) is 11.5 Å². The number of H-pyrrole nitrogens is 1. The SMILES string of the molecule is CCc1ncc(C(=O)N(CC)[C@H]2CCN([C@H](C)c3ccccc3)C2)[nH]1. The highest BCUT2D eigenvalue weighted by Gasteiger charge is 2.33. The summed E-state index contributed by atoms with van der Waals surface area (Å²) in [4.78, 5) is 24.8. The number of rotatable bonds is 6. The van der Waals surface area contributed by atoms with Gasteiger partial charge in [-0.2, -0.15) is 0 Å². The van der Waals surface area contributed by atoms with E-state index in [1.807, 2.05) is 11.8 Å². The average Bonchev–Trinajstić information content (AvgIpc) is 3.32. The molecule has 1 fully saturated rings. The standard InChI is InChI=1S/C20H28N4O/c1-4-19-21-13-18(22-19)20(25)24(5-2)17-11-12-23(14-17)15(3)16-9-7-6-8-10-16/h6-10,13,15,17H,4-5,11-12,14H2,1-3H3,(H,21,22)/t15-,17+/m1/s1. The number of aryl methyl sites for hydroxylation is 1. The van der Waals surface area contributed by atoms with Crippen LogP contribution in [0, 0.1) is 0 Å². The Morgan fingerprint density at radius 1 is 1.36 bits per heavy atom. The molecule has 0 unspecified atom stereocenters. The second-order valence-electron chi connectivity index (χ2n) is 6.71. The van der Waals surface area contributed by atoms with Crippen molar-refractivity contribution in [3.05, 3.63) is 53.6 Å². The van der Waals surface area contributed by atoms with Crippen LogP contribution in [0.5, 0.6) is 0 Å². The molecule has 1 saturated heterocycles. The molecule has 2 atom stereocenters. The zero-order valence-corrected chi connectivity index (χ0v) is 15.4. The fraction of sp³-hybridized carbons (Fsp3) is 0.500. The summed E-state index contributed by atoms with van der Waals surface area (Å²) in [5.41, 5.74) is 1.94. The Kier molecular flexibility index (Phi) is 5.53. The highest BCUT2D eigenvalue weighted by molar-refractivity contribution is 5.92. The smallest absolute Gasteiger partial charge is 0.272 e. The summed E-state index contributed by atoms with van der Waals surface area (Å²) in [6.45, 7) is 9.00. The second kappa shape index (κ2) is 7.83. The second-order valence-corrected chi connectivity index (χ2v) is 6.71. The minimum atomic E-state index is 0.0638. The topological polar surface area (TPSA) is 52.2 Å². The van der Waals surface area contributed by atoms with Gasteiger partial charge in [0.15, 0.2) is 0 Å². The molecule has 1 amide bonds. The highest BCUT2D eigenvalue weighted by Crippen LogP contribution is 2.27. The number of carbonyl (C=O) groups excluding carboxylic acids is 1. The largest absolute Gasteiger partial charge is 0.338 e. The predicted octanol–water partition coefficient (Wildman–Crippen LogP) is 3.27. The molecule has 0 aliphatic carbocycles. The van der Waals surface area contributed by atoms with Crippen LogP contribution in [0.2, 0.25) is 0 Å². The van der Waals surface area contributed by atoms with Crippen molar-refractivity contribution >= 4 is 5.91 Å². The Morgan fingerprint density at radius 3 is 2.76 bits per heavy atom. The first-order valence-electron chi connectivity index (χ1n) is 9.27. The first-order chi connectivity index (χ1) is 12.1. The van der Waals surface area contributed by atoms with Crippen LogP contribution in [0.25, 0.3) is 0 Å². The number of hydrogen-bond donors (Lipinski definition) is 1. The summed E-state index contributed by atoms with van der Waals surface area (Å²) in [5.74, 6) is 0.930. The zero-order valence-electron chi connectivity index (χ0n) is 15.4. The van der Waals surface area contributed by atoms with Crippen LogP contribution in [0.3, 0.4) is 0 Å². The fourth-order valence-electron chi connectivity index (χ4n) is 3.69. The van der Waals surface area contributed by atoms with Gasteiger partial charge in [-0.15, -0.1) is 0 Å². The summed E-state index contributed by atoms with van der Waals surface area (Å²) in [7, 11) is 0. The number of likely N-dealkylation sites (tertiary alicyclic amines) is 1. The van der Waals surface area contributed by atoms with Crippen LogP contribution in [-0.2, 0) is 6.42 Å². The molecule has 0 bridgehead atoms. The molecule has 134 valence electrons. The van der Waals surface area contributed by atoms with Gasteiger partial charge in [-0.25, -0.2) is 4.98 Å². The minimum Gasteiger partial charge on any atom is -0.338 e. The van der Waals surface area contributed by atoms with Crippen molar-refractivity contribution in [3.8, 4) is 0 Å². The molecule has 1 aromatic carbocycles. The summed E-state index contributed by atoms with van der Waals surface area (Å²) < 4.78 is 0. The quantitative estimate of drug-likeness (QED) is 0.878. The fourth-order valence-corrected chi connectivity index (χ4v) is 3.69. The van der Waals surface area contributed by atoms with Crippen molar-refractivity contribution in [2.45, 2.75) is 45.7 Å². The zero-order chi connectivity index (χ0) is 17.8. The molecule has 5 nitrogen and oxygen atoms in total. The van der Waals surface area contributed by atoms with Crippen molar-refractivity contribution in [1.82, 2.24) is 19.8 Å². The minimum absolute atomic E-state index is 0.0638. The third-order valence-electron chi connectivity index (χ3n) is 5.26. The van der Waals surface area contributed by atoms with Gasteiger partial charge in [-0.3, -0.25) is 9.69 Å². The number of hydrogen-bond acceptors (Lipinski definition) is 3. The van der Waals surface area contributed by atoms with E-state index in [1.165, 1.54) is 5.56 Å². The Morgan fingerprint density at radius 2 is 2.12 bits per heavy atom. The lowest BCUT2D eigenvalue weighted by molar-refractivity contribution is 0.0683. The summed E-state index contributed by atoms with van der Waals surface area (Å²) >= 11 is 0. The number of imidazole rings is 1. The first kappa shape index (κ1) is 17.7. The average molecular weight is 340 g/mol. The molecule has 1 aliphatic heterocycles. The number of nitrogens with one attached hydrogen (secondary N) is 1. The van der Waals surface area contributed by atoms with E-state index >= 15 is 0 Å². The van der Waals surface area contributed by atoms with E-state index in [1.54, 1.807) is 6.20 Å². The van der Waals surface area contributed by atoms with Gasteiger partial charge in [0.25, 0.3) is 5.91 Å².